The Hall–Kier alpha value is -1.84. The summed E-state index contributed by atoms with van der Waals surface area (Å²) >= 11 is 5.99. The van der Waals surface area contributed by atoms with Gasteiger partial charge in [-0.05, 0) is 103 Å². The molecule has 2 saturated carbocycles. The van der Waals surface area contributed by atoms with Gasteiger partial charge in [0.15, 0.2) is 0 Å². The second kappa shape index (κ2) is 7.14. The number of aryl methyl sites for hydroxylation is 1. The molecule has 0 amide bonds. The van der Waals surface area contributed by atoms with Crippen molar-refractivity contribution in [3.8, 4) is 5.75 Å². The number of aliphatic hydroxyl groups is 1. The fraction of sp³-hybridized carbons (Fsp3) is 0.480. The number of fused-ring (bicyclic) bond motifs is 5. The summed E-state index contributed by atoms with van der Waals surface area (Å²) in [5.74, 6) is 2.08. The molecule has 1 N–H and O–H groups in total. The maximum Gasteiger partial charge on any atom is 0.343 e. The summed E-state index contributed by atoms with van der Waals surface area (Å²) in [7, 11) is 0. The molecule has 152 valence electrons. The maximum atomic E-state index is 12.4. The molecular weight excluding hydrogens is 384 g/mol. The Bertz CT molecular complexity index is 955. The van der Waals surface area contributed by atoms with E-state index in [0.717, 1.165) is 38.5 Å². The molecule has 0 heterocycles. The van der Waals surface area contributed by atoms with E-state index in [4.69, 9.17) is 16.3 Å². The number of aliphatic hydroxyl groups excluding tert-OH is 1. The van der Waals surface area contributed by atoms with Crippen LogP contribution >= 0.6 is 11.6 Å². The molecule has 2 aromatic rings. The molecule has 29 heavy (non-hydrogen) atoms. The molecule has 5 atom stereocenters. The van der Waals surface area contributed by atoms with E-state index in [2.05, 4.69) is 13.0 Å². The van der Waals surface area contributed by atoms with Crippen molar-refractivity contribution in [3.05, 3.63) is 64.2 Å². The van der Waals surface area contributed by atoms with Crippen LogP contribution in [0, 0.1) is 17.3 Å². The Labute approximate surface area is 177 Å². The van der Waals surface area contributed by atoms with Crippen molar-refractivity contribution in [2.75, 3.05) is 0 Å². The number of ether oxygens (including phenoxy) is 1. The zero-order chi connectivity index (χ0) is 20.2. The van der Waals surface area contributed by atoms with Gasteiger partial charge >= 0.3 is 5.97 Å². The molecule has 3 aliphatic carbocycles. The lowest BCUT2D eigenvalue weighted by molar-refractivity contribution is -0.0226. The van der Waals surface area contributed by atoms with Crippen LogP contribution in [0.5, 0.6) is 5.75 Å². The Kier molecular flexibility index (Phi) is 4.71. The molecule has 3 nitrogen and oxygen atoms in total. The summed E-state index contributed by atoms with van der Waals surface area (Å²) in [5, 5.41) is 11.1. The predicted molar refractivity (Wildman–Crippen MR) is 113 cm³/mol. The van der Waals surface area contributed by atoms with Gasteiger partial charge in [-0.2, -0.15) is 0 Å². The molecule has 0 saturated heterocycles. The molecule has 0 aliphatic heterocycles. The third kappa shape index (κ3) is 3.19. The average Bonchev–Trinajstić information content (AvgIpc) is 3.02. The first kappa shape index (κ1) is 19.1. The van der Waals surface area contributed by atoms with Gasteiger partial charge in [0.2, 0.25) is 0 Å². The van der Waals surface area contributed by atoms with Crippen molar-refractivity contribution in [2.24, 2.45) is 17.3 Å². The van der Waals surface area contributed by atoms with Crippen LogP contribution in [0.25, 0.3) is 0 Å². The molecule has 5 rings (SSSR count). The van der Waals surface area contributed by atoms with Crippen LogP contribution in [0.2, 0.25) is 5.02 Å². The van der Waals surface area contributed by atoms with Crippen molar-refractivity contribution in [1.82, 2.24) is 0 Å². The van der Waals surface area contributed by atoms with Crippen molar-refractivity contribution in [3.63, 3.8) is 0 Å². The minimum absolute atomic E-state index is 0.102. The standard InChI is InChI=1S/C25H27ClO3/c1-25-12-11-20-19-8-6-18(29-24(28)16-3-2-4-17(26)13-16)14-15(19)5-7-21(20)22(25)9-10-23(25)27/h2-4,6,8,13-14,20-23,27H,5,7,9-12H2,1H3/t20-,21-,22+,23?,25+/m1/s1. The van der Waals surface area contributed by atoms with Gasteiger partial charge in [-0.3, -0.25) is 0 Å². The van der Waals surface area contributed by atoms with Crippen LogP contribution in [-0.4, -0.2) is 17.2 Å². The molecule has 2 aromatic carbocycles. The van der Waals surface area contributed by atoms with E-state index in [1.54, 1.807) is 24.3 Å². The highest BCUT2D eigenvalue weighted by Crippen LogP contribution is 2.60. The van der Waals surface area contributed by atoms with E-state index in [9.17, 15) is 9.90 Å². The first-order chi connectivity index (χ1) is 14.0. The number of carbonyl (C=O) groups excluding carboxylic acids is 1. The van der Waals surface area contributed by atoms with E-state index in [1.165, 1.54) is 11.1 Å². The van der Waals surface area contributed by atoms with Gasteiger partial charge in [-0.15, -0.1) is 0 Å². The number of rotatable bonds is 2. The monoisotopic (exact) mass is 410 g/mol. The molecule has 0 spiro atoms. The smallest absolute Gasteiger partial charge is 0.343 e. The lowest BCUT2D eigenvalue weighted by Crippen LogP contribution is -2.43. The largest absolute Gasteiger partial charge is 0.423 e. The van der Waals surface area contributed by atoms with Crippen LogP contribution < -0.4 is 4.74 Å². The van der Waals surface area contributed by atoms with Crippen LogP contribution in [0.15, 0.2) is 42.5 Å². The normalized spacial score (nSPS) is 32.8. The molecule has 0 aromatic heterocycles. The highest BCUT2D eigenvalue weighted by atomic mass is 35.5. The SMILES string of the molecule is C[C@]12CC[C@@H]3c4ccc(OC(=O)c5cccc(Cl)c5)cc4CC[C@H]3[C@@H]1CCC2O. The molecular formula is C25H27ClO3. The molecule has 4 heteroatoms. The Morgan fingerprint density at radius 2 is 2.00 bits per heavy atom. The minimum Gasteiger partial charge on any atom is -0.423 e. The minimum atomic E-state index is -0.380. The van der Waals surface area contributed by atoms with E-state index in [0.29, 0.717) is 34.1 Å². The van der Waals surface area contributed by atoms with Crippen molar-refractivity contribution < 1.29 is 14.6 Å². The van der Waals surface area contributed by atoms with Crippen LogP contribution in [0.4, 0.5) is 0 Å². The highest BCUT2D eigenvalue weighted by molar-refractivity contribution is 6.30. The second-order valence-corrected chi connectivity index (χ2v) is 9.75. The summed E-state index contributed by atoms with van der Waals surface area (Å²) in [6, 6.07) is 13.0. The molecule has 0 bridgehead atoms. The van der Waals surface area contributed by atoms with Gasteiger partial charge in [-0.1, -0.05) is 30.7 Å². The molecule has 2 fully saturated rings. The lowest BCUT2D eigenvalue weighted by atomic mass is 9.55. The fourth-order valence-corrected chi connectivity index (χ4v) is 6.57. The van der Waals surface area contributed by atoms with Gasteiger partial charge in [0.05, 0.1) is 11.7 Å². The first-order valence-electron chi connectivity index (χ1n) is 10.7. The second-order valence-electron chi connectivity index (χ2n) is 9.31. The number of hydrogen-bond acceptors (Lipinski definition) is 3. The van der Waals surface area contributed by atoms with E-state index in [-0.39, 0.29) is 17.5 Å². The number of hydrogen-bond donors (Lipinski definition) is 1. The third-order valence-corrected chi connectivity index (χ3v) is 8.15. The third-order valence-electron chi connectivity index (χ3n) is 7.92. The first-order valence-corrected chi connectivity index (χ1v) is 11.1. The Morgan fingerprint density at radius 1 is 1.14 bits per heavy atom. The highest BCUT2D eigenvalue weighted by Gasteiger charge is 2.54. The summed E-state index contributed by atoms with van der Waals surface area (Å²) in [5.41, 5.74) is 3.30. The fourth-order valence-electron chi connectivity index (χ4n) is 6.38. The van der Waals surface area contributed by atoms with Crippen molar-refractivity contribution in [1.29, 1.82) is 0 Å². The quantitative estimate of drug-likeness (QED) is 0.504. The number of benzene rings is 2. The molecule has 3 aliphatic rings. The average molecular weight is 411 g/mol. The van der Waals surface area contributed by atoms with Crippen molar-refractivity contribution >= 4 is 17.6 Å². The van der Waals surface area contributed by atoms with Crippen LogP contribution in [-0.2, 0) is 6.42 Å². The summed E-state index contributed by atoms with van der Waals surface area (Å²) < 4.78 is 5.63. The van der Waals surface area contributed by atoms with E-state index >= 15 is 0 Å². The zero-order valence-corrected chi connectivity index (χ0v) is 17.5. The van der Waals surface area contributed by atoms with Gasteiger partial charge in [0.1, 0.15) is 5.75 Å². The van der Waals surface area contributed by atoms with Gasteiger partial charge in [0.25, 0.3) is 0 Å². The van der Waals surface area contributed by atoms with Gasteiger partial charge in [0, 0.05) is 5.02 Å². The predicted octanol–water partition coefficient (Wildman–Crippen LogP) is 5.78. The number of esters is 1. The van der Waals surface area contributed by atoms with Gasteiger partial charge in [-0.25, -0.2) is 4.79 Å². The Morgan fingerprint density at radius 3 is 2.83 bits per heavy atom. The molecule has 1 unspecified atom stereocenters. The summed E-state index contributed by atoms with van der Waals surface area (Å²) in [6.45, 7) is 2.31. The Balaban J connectivity index is 1.37. The van der Waals surface area contributed by atoms with Gasteiger partial charge < -0.3 is 9.84 Å². The number of halogens is 1. The maximum absolute atomic E-state index is 12.4. The number of carbonyl (C=O) groups is 1. The zero-order valence-electron chi connectivity index (χ0n) is 16.7. The topological polar surface area (TPSA) is 46.5 Å². The summed E-state index contributed by atoms with van der Waals surface area (Å²) in [4.78, 5) is 12.4. The van der Waals surface area contributed by atoms with Crippen LogP contribution in [0.1, 0.15) is 66.4 Å². The van der Waals surface area contributed by atoms with E-state index in [1.807, 2.05) is 12.1 Å². The van der Waals surface area contributed by atoms with E-state index < -0.39 is 0 Å². The lowest BCUT2D eigenvalue weighted by Gasteiger charge is -2.50. The van der Waals surface area contributed by atoms with Crippen molar-refractivity contribution in [2.45, 2.75) is 57.5 Å². The molecule has 0 radical (unpaired) electrons. The van der Waals surface area contributed by atoms with Crippen LogP contribution in [0.3, 0.4) is 0 Å². The summed E-state index contributed by atoms with van der Waals surface area (Å²) in [6.07, 6.45) is 6.40.